The second kappa shape index (κ2) is 4.71. The van der Waals surface area contributed by atoms with Gasteiger partial charge in [0, 0.05) is 17.4 Å². The molecule has 3 rings (SSSR count). The van der Waals surface area contributed by atoms with Crippen molar-refractivity contribution in [2.24, 2.45) is 0 Å². The summed E-state index contributed by atoms with van der Waals surface area (Å²) in [5.41, 5.74) is 4.68. The molecular formula is C16H13N3O. The zero-order valence-corrected chi connectivity index (χ0v) is 11.3. The zero-order valence-electron chi connectivity index (χ0n) is 11.3. The van der Waals surface area contributed by atoms with Crippen LogP contribution in [0.5, 0.6) is 5.88 Å². The quantitative estimate of drug-likeness (QED) is 0.713. The number of aryl methyl sites for hydroxylation is 1. The van der Waals surface area contributed by atoms with Gasteiger partial charge in [-0.15, -0.1) is 0 Å². The number of ether oxygens (including phenoxy) is 1. The highest BCUT2D eigenvalue weighted by Crippen LogP contribution is 2.24. The summed E-state index contributed by atoms with van der Waals surface area (Å²) in [7, 11) is 1.61. The van der Waals surface area contributed by atoms with Crippen molar-refractivity contribution < 1.29 is 4.74 Å². The molecule has 0 aliphatic rings. The van der Waals surface area contributed by atoms with E-state index in [4.69, 9.17) is 10.00 Å². The molecule has 0 unspecified atom stereocenters. The fourth-order valence-electron chi connectivity index (χ4n) is 2.34. The molecule has 98 valence electrons. The number of benzene rings is 1. The standard InChI is InChI=1S/C16H13N3O/c1-11-9-14-15(7-8-16(18-14)20-2)19(11)13-5-3-12(10-17)4-6-13/h3-9H,1-2H3. The van der Waals surface area contributed by atoms with Gasteiger partial charge >= 0.3 is 0 Å². The summed E-state index contributed by atoms with van der Waals surface area (Å²) in [5, 5.41) is 8.86. The molecule has 1 aromatic carbocycles. The summed E-state index contributed by atoms with van der Waals surface area (Å²) in [6.07, 6.45) is 0. The first-order valence-corrected chi connectivity index (χ1v) is 6.26. The predicted octanol–water partition coefficient (Wildman–Crippen LogP) is 3.21. The first kappa shape index (κ1) is 12.2. The van der Waals surface area contributed by atoms with Gasteiger partial charge in [0.15, 0.2) is 0 Å². The largest absolute Gasteiger partial charge is 0.481 e. The monoisotopic (exact) mass is 263 g/mol. The van der Waals surface area contributed by atoms with Gasteiger partial charge in [0.1, 0.15) is 0 Å². The van der Waals surface area contributed by atoms with E-state index in [9.17, 15) is 0 Å². The lowest BCUT2D eigenvalue weighted by Gasteiger charge is -2.08. The van der Waals surface area contributed by atoms with Crippen LogP contribution in [0.15, 0.2) is 42.5 Å². The number of methoxy groups -OCH3 is 1. The van der Waals surface area contributed by atoms with E-state index in [-0.39, 0.29) is 0 Å². The number of aromatic nitrogens is 2. The second-order valence-corrected chi connectivity index (χ2v) is 4.54. The Morgan fingerprint density at radius 1 is 1.15 bits per heavy atom. The Hall–Kier alpha value is -2.80. The molecule has 0 aliphatic heterocycles. The van der Waals surface area contributed by atoms with Crippen molar-refractivity contribution in [3.63, 3.8) is 0 Å². The van der Waals surface area contributed by atoms with Gasteiger partial charge in [0.25, 0.3) is 0 Å². The maximum atomic E-state index is 8.86. The van der Waals surface area contributed by atoms with Gasteiger partial charge in [-0.05, 0) is 43.3 Å². The van der Waals surface area contributed by atoms with Crippen LogP contribution in [0.3, 0.4) is 0 Å². The summed E-state index contributed by atoms with van der Waals surface area (Å²) in [5.74, 6) is 0.606. The summed E-state index contributed by atoms with van der Waals surface area (Å²) in [6, 6.07) is 15.5. The van der Waals surface area contributed by atoms with Gasteiger partial charge in [-0.2, -0.15) is 5.26 Å². The highest BCUT2D eigenvalue weighted by atomic mass is 16.5. The van der Waals surface area contributed by atoms with E-state index in [0.717, 1.165) is 22.4 Å². The van der Waals surface area contributed by atoms with Crippen LogP contribution in [0.25, 0.3) is 16.7 Å². The zero-order chi connectivity index (χ0) is 14.1. The van der Waals surface area contributed by atoms with Gasteiger partial charge in [0.05, 0.1) is 29.8 Å². The number of pyridine rings is 1. The Kier molecular flexibility index (Phi) is 2.88. The van der Waals surface area contributed by atoms with E-state index in [1.54, 1.807) is 7.11 Å². The number of rotatable bonds is 2. The van der Waals surface area contributed by atoms with Gasteiger partial charge in [-0.3, -0.25) is 0 Å². The minimum absolute atomic E-state index is 0.606. The molecule has 4 heteroatoms. The third-order valence-corrected chi connectivity index (χ3v) is 3.28. The second-order valence-electron chi connectivity index (χ2n) is 4.54. The number of nitrogens with zero attached hydrogens (tertiary/aromatic N) is 3. The Morgan fingerprint density at radius 2 is 1.90 bits per heavy atom. The lowest BCUT2D eigenvalue weighted by atomic mass is 10.2. The highest BCUT2D eigenvalue weighted by Gasteiger charge is 2.09. The molecule has 2 aromatic heterocycles. The maximum Gasteiger partial charge on any atom is 0.213 e. The molecule has 0 bridgehead atoms. The molecule has 0 spiro atoms. The van der Waals surface area contributed by atoms with Gasteiger partial charge in [-0.25, -0.2) is 4.98 Å². The third-order valence-electron chi connectivity index (χ3n) is 3.28. The van der Waals surface area contributed by atoms with Crippen molar-refractivity contribution in [3.8, 4) is 17.6 Å². The maximum absolute atomic E-state index is 8.86. The van der Waals surface area contributed by atoms with Crippen LogP contribution in [0.1, 0.15) is 11.3 Å². The molecule has 3 aromatic rings. The first-order chi connectivity index (χ1) is 9.72. The number of hydrogen-bond donors (Lipinski definition) is 0. The van der Waals surface area contributed by atoms with Crippen LogP contribution >= 0.6 is 0 Å². The molecule has 0 amide bonds. The molecule has 0 aliphatic carbocycles. The fraction of sp³-hybridized carbons (Fsp3) is 0.125. The van der Waals surface area contributed by atoms with Crippen molar-refractivity contribution in [1.82, 2.24) is 9.55 Å². The average molecular weight is 263 g/mol. The summed E-state index contributed by atoms with van der Waals surface area (Å²) >= 11 is 0. The number of fused-ring (bicyclic) bond motifs is 1. The molecule has 20 heavy (non-hydrogen) atoms. The van der Waals surface area contributed by atoms with Crippen molar-refractivity contribution in [3.05, 3.63) is 53.7 Å². The molecule has 2 heterocycles. The normalized spacial score (nSPS) is 10.4. The predicted molar refractivity (Wildman–Crippen MR) is 77.1 cm³/mol. The number of hydrogen-bond acceptors (Lipinski definition) is 3. The van der Waals surface area contributed by atoms with Gasteiger partial charge in [-0.1, -0.05) is 0 Å². The molecule has 4 nitrogen and oxygen atoms in total. The SMILES string of the molecule is COc1ccc2c(cc(C)n2-c2ccc(C#N)cc2)n1. The van der Waals surface area contributed by atoms with E-state index >= 15 is 0 Å². The van der Waals surface area contributed by atoms with Gasteiger partial charge < -0.3 is 9.30 Å². The Balaban J connectivity index is 2.19. The van der Waals surface area contributed by atoms with E-state index in [1.807, 2.05) is 49.4 Å². The molecule has 0 saturated heterocycles. The topological polar surface area (TPSA) is 50.8 Å². The average Bonchev–Trinajstić information content (AvgIpc) is 2.82. The molecule has 0 atom stereocenters. The van der Waals surface area contributed by atoms with Crippen molar-refractivity contribution >= 4 is 11.0 Å². The summed E-state index contributed by atoms with van der Waals surface area (Å²) in [6.45, 7) is 2.03. The smallest absolute Gasteiger partial charge is 0.213 e. The lowest BCUT2D eigenvalue weighted by Crippen LogP contribution is -1.96. The summed E-state index contributed by atoms with van der Waals surface area (Å²) < 4.78 is 7.27. The Labute approximate surface area is 116 Å². The Bertz CT molecular complexity index is 810. The van der Waals surface area contributed by atoms with Crippen LogP contribution in [-0.2, 0) is 0 Å². The Morgan fingerprint density at radius 3 is 2.55 bits per heavy atom. The summed E-state index contributed by atoms with van der Waals surface area (Å²) in [4.78, 5) is 4.44. The first-order valence-electron chi connectivity index (χ1n) is 6.26. The minimum Gasteiger partial charge on any atom is -0.481 e. The lowest BCUT2D eigenvalue weighted by molar-refractivity contribution is 0.399. The molecule has 0 radical (unpaired) electrons. The molecule has 0 saturated carbocycles. The minimum atomic E-state index is 0.606. The van der Waals surface area contributed by atoms with E-state index in [1.165, 1.54) is 0 Å². The van der Waals surface area contributed by atoms with Crippen molar-refractivity contribution in [2.45, 2.75) is 6.92 Å². The third kappa shape index (κ3) is 1.90. The highest BCUT2D eigenvalue weighted by molar-refractivity contribution is 5.80. The van der Waals surface area contributed by atoms with E-state index in [2.05, 4.69) is 15.6 Å². The van der Waals surface area contributed by atoms with E-state index in [0.29, 0.717) is 11.4 Å². The molecule has 0 N–H and O–H groups in total. The van der Waals surface area contributed by atoms with Crippen LogP contribution < -0.4 is 4.74 Å². The fourth-order valence-corrected chi connectivity index (χ4v) is 2.34. The van der Waals surface area contributed by atoms with Crippen molar-refractivity contribution in [2.75, 3.05) is 7.11 Å². The van der Waals surface area contributed by atoms with Crippen LogP contribution in [0, 0.1) is 18.3 Å². The van der Waals surface area contributed by atoms with Crippen LogP contribution in [0.2, 0.25) is 0 Å². The van der Waals surface area contributed by atoms with Crippen molar-refractivity contribution in [1.29, 1.82) is 5.26 Å². The van der Waals surface area contributed by atoms with E-state index < -0.39 is 0 Å². The van der Waals surface area contributed by atoms with Gasteiger partial charge in [0.2, 0.25) is 5.88 Å². The van der Waals surface area contributed by atoms with Crippen LogP contribution in [-0.4, -0.2) is 16.7 Å². The molecular weight excluding hydrogens is 250 g/mol. The number of nitriles is 1. The van der Waals surface area contributed by atoms with Crippen LogP contribution in [0.4, 0.5) is 0 Å². The molecule has 0 fully saturated rings.